The number of para-hydroxylation sites is 1. The highest BCUT2D eigenvalue weighted by atomic mass is 16.2. The van der Waals surface area contributed by atoms with Gasteiger partial charge in [-0.05, 0) is 30.3 Å². The van der Waals surface area contributed by atoms with Crippen molar-refractivity contribution in [1.82, 2.24) is 15.0 Å². The molecule has 0 bridgehead atoms. The minimum atomic E-state index is -0.204. The molecule has 106 valence electrons. The van der Waals surface area contributed by atoms with Crippen molar-refractivity contribution in [3.8, 4) is 0 Å². The molecule has 2 amide bonds. The first-order chi connectivity index (χ1) is 10.1. The maximum atomic E-state index is 12.2. The summed E-state index contributed by atoms with van der Waals surface area (Å²) < 4.78 is 1.69. The fraction of sp³-hybridized carbons (Fsp3) is 0.133. The molecule has 21 heavy (non-hydrogen) atoms. The van der Waals surface area contributed by atoms with E-state index in [1.807, 2.05) is 49.5 Å². The molecule has 0 saturated heterocycles. The highest BCUT2D eigenvalue weighted by Crippen LogP contribution is 2.18. The number of nitrogens with zero attached hydrogens (tertiary/aromatic N) is 4. The first-order valence-electron chi connectivity index (χ1n) is 6.54. The number of nitrogens with one attached hydrogen (secondary N) is 1. The number of carbonyl (C=O) groups is 1. The number of hydrogen-bond acceptors (Lipinski definition) is 3. The molecule has 1 aromatic heterocycles. The number of hydrogen-bond donors (Lipinski definition) is 1. The van der Waals surface area contributed by atoms with E-state index in [1.54, 1.807) is 22.7 Å². The normalized spacial score (nSPS) is 10.6. The lowest BCUT2D eigenvalue weighted by Crippen LogP contribution is -2.31. The molecule has 3 rings (SSSR count). The predicted octanol–water partition coefficient (Wildman–Crippen LogP) is 2.64. The molecule has 1 heterocycles. The van der Waals surface area contributed by atoms with Gasteiger partial charge in [0.05, 0.1) is 5.52 Å². The number of fused-ring (bicyclic) bond motifs is 1. The van der Waals surface area contributed by atoms with Gasteiger partial charge in [0.15, 0.2) is 0 Å². The van der Waals surface area contributed by atoms with Crippen LogP contribution in [-0.4, -0.2) is 28.1 Å². The van der Waals surface area contributed by atoms with Crippen molar-refractivity contribution < 1.29 is 4.79 Å². The fourth-order valence-electron chi connectivity index (χ4n) is 2.09. The molecule has 6 heteroatoms. The maximum absolute atomic E-state index is 12.2. The average Bonchev–Trinajstić information content (AvgIpc) is 2.88. The van der Waals surface area contributed by atoms with Crippen LogP contribution in [-0.2, 0) is 7.05 Å². The van der Waals surface area contributed by atoms with Crippen LogP contribution in [0.3, 0.4) is 0 Å². The first kappa shape index (κ1) is 13.1. The Morgan fingerprint density at radius 1 is 1.19 bits per heavy atom. The van der Waals surface area contributed by atoms with Gasteiger partial charge in [-0.15, -0.1) is 5.10 Å². The molecule has 0 aliphatic heterocycles. The van der Waals surface area contributed by atoms with Crippen molar-refractivity contribution in [3.05, 3.63) is 48.5 Å². The SMILES string of the molecule is CN(C(=O)Nc1ccc2c(c1)nnn2C)c1ccccc1. The topological polar surface area (TPSA) is 63.1 Å². The molecule has 0 unspecified atom stereocenters. The molecule has 6 nitrogen and oxygen atoms in total. The van der Waals surface area contributed by atoms with Crippen molar-refractivity contribution in [2.45, 2.75) is 0 Å². The van der Waals surface area contributed by atoms with Crippen molar-refractivity contribution in [1.29, 1.82) is 0 Å². The van der Waals surface area contributed by atoms with E-state index in [0.717, 1.165) is 16.7 Å². The largest absolute Gasteiger partial charge is 0.326 e. The number of benzene rings is 2. The Kier molecular flexibility index (Phi) is 3.27. The third-order valence-electron chi connectivity index (χ3n) is 3.31. The highest BCUT2D eigenvalue weighted by Gasteiger charge is 2.11. The quantitative estimate of drug-likeness (QED) is 0.785. The predicted molar refractivity (Wildman–Crippen MR) is 82.4 cm³/mol. The molecule has 0 spiro atoms. The molecule has 0 atom stereocenters. The van der Waals surface area contributed by atoms with Crippen LogP contribution >= 0.6 is 0 Å². The van der Waals surface area contributed by atoms with E-state index in [4.69, 9.17) is 0 Å². The van der Waals surface area contributed by atoms with Gasteiger partial charge in [0.2, 0.25) is 0 Å². The third kappa shape index (κ3) is 2.55. The zero-order valence-electron chi connectivity index (χ0n) is 11.8. The summed E-state index contributed by atoms with van der Waals surface area (Å²) in [5, 5.41) is 10.8. The van der Waals surface area contributed by atoms with E-state index < -0.39 is 0 Å². The van der Waals surface area contributed by atoms with Gasteiger partial charge in [-0.2, -0.15) is 0 Å². The lowest BCUT2D eigenvalue weighted by molar-refractivity contribution is 0.258. The van der Waals surface area contributed by atoms with Gasteiger partial charge in [-0.3, -0.25) is 4.90 Å². The number of amides is 2. The van der Waals surface area contributed by atoms with Gasteiger partial charge in [-0.25, -0.2) is 9.48 Å². The molecule has 0 aliphatic rings. The molecule has 0 saturated carbocycles. The van der Waals surface area contributed by atoms with Crippen molar-refractivity contribution >= 4 is 28.4 Å². The average molecular weight is 281 g/mol. The van der Waals surface area contributed by atoms with E-state index in [-0.39, 0.29) is 6.03 Å². The zero-order chi connectivity index (χ0) is 14.8. The first-order valence-corrected chi connectivity index (χ1v) is 6.54. The smallest absolute Gasteiger partial charge is 0.307 e. The van der Waals surface area contributed by atoms with Crippen molar-refractivity contribution in [3.63, 3.8) is 0 Å². The Morgan fingerprint density at radius 2 is 1.95 bits per heavy atom. The van der Waals surface area contributed by atoms with Crippen LogP contribution in [0.5, 0.6) is 0 Å². The van der Waals surface area contributed by atoms with E-state index in [1.165, 1.54) is 0 Å². The number of anilines is 2. The molecule has 1 N–H and O–H groups in total. The van der Waals surface area contributed by atoms with Crippen LogP contribution in [0.2, 0.25) is 0 Å². The number of carbonyl (C=O) groups excluding carboxylic acids is 1. The lowest BCUT2D eigenvalue weighted by atomic mass is 10.2. The second-order valence-corrected chi connectivity index (χ2v) is 4.74. The Morgan fingerprint density at radius 3 is 2.71 bits per heavy atom. The highest BCUT2D eigenvalue weighted by molar-refractivity contribution is 6.02. The summed E-state index contributed by atoms with van der Waals surface area (Å²) in [4.78, 5) is 13.8. The van der Waals surface area contributed by atoms with Crippen LogP contribution in [0.1, 0.15) is 0 Å². The monoisotopic (exact) mass is 281 g/mol. The standard InChI is InChI=1S/C15H15N5O/c1-19(12-6-4-3-5-7-12)15(21)16-11-8-9-14-13(10-11)17-18-20(14)2/h3-10H,1-2H3,(H,16,21). The van der Waals surface area contributed by atoms with Gasteiger partial charge in [-0.1, -0.05) is 23.4 Å². The van der Waals surface area contributed by atoms with Gasteiger partial charge >= 0.3 is 6.03 Å². The number of urea groups is 1. The van der Waals surface area contributed by atoms with E-state index >= 15 is 0 Å². The van der Waals surface area contributed by atoms with Gasteiger partial charge in [0.1, 0.15) is 5.52 Å². The fourth-order valence-corrected chi connectivity index (χ4v) is 2.09. The van der Waals surface area contributed by atoms with Gasteiger partial charge in [0.25, 0.3) is 0 Å². The van der Waals surface area contributed by atoms with E-state index in [2.05, 4.69) is 15.6 Å². The van der Waals surface area contributed by atoms with E-state index in [0.29, 0.717) is 5.69 Å². The molecule has 0 radical (unpaired) electrons. The molecule has 0 aliphatic carbocycles. The maximum Gasteiger partial charge on any atom is 0.326 e. The number of aromatic nitrogens is 3. The van der Waals surface area contributed by atoms with Crippen LogP contribution in [0.4, 0.5) is 16.2 Å². The van der Waals surface area contributed by atoms with Crippen molar-refractivity contribution in [2.24, 2.45) is 7.05 Å². The minimum absolute atomic E-state index is 0.204. The second kappa shape index (κ2) is 5.24. The van der Waals surface area contributed by atoms with E-state index in [9.17, 15) is 4.79 Å². The number of rotatable bonds is 2. The summed E-state index contributed by atoms with van der Waals surface area (Å²) in [6.45, 7) is 0. The van der Waals surface area contributed by atoms with Crippen molar-refractivity contribution in [2.75, 3.05) is 17.3 Å². The molecule has 0 fully saturated rings. The van der Waals surface area contributed by atoms with Crippen LogP contribution in [0, 0.1) is 0 Å². The van der Waals surface area contributed by atoms with Gasteiger partial charge in [0, 0.05) is 25.5 Å². The number of aryl methyl sites for hydroxylation is 1. The zero-order valence-corrected chi connectivity index (χ0v) is 11.8. The summed E-state index contributed by atoms with van der Waals surface area (Å²) >= 11 is 0. The Hall–Kier alpha value is -2.89. The second-order valence-electron chi connectivity index (χ2n) is 4.74. The van der Waals surface area contributed by atoms with Crippen LogP contribution in [0.15, 0.2) is 48.5 Å². The summed E-state index contributed by atoms with van der Waals surface area (Å²) in [5.74, 6) is 0. The summed E-state index contributed by atoms with van der Waals surface area (Å²) in [6.07, 6.45) is 0. The Labute approximate surface area is 122 Å². The van der Waals surface area contributed by atoms with Gasteiger partial charge < -0.3 is 5.32 Å². The van der Waals surface area contributed by atoms with Crippen LogP contribution in [0.25, 0.3) is 11.0 Å². The molecular formula is C15H15N5O. The third-order valence-corrected chi connectivity index (χ3v) is 3.31. The minimum Gasteiger partial charge on any atom is -0.307 e. The lowest BCUT2D eigenvalue weighted by Gasteiger charge is -2.17. The Bertz CT molecular complexity index is 781. The summed E-state index contributed by atoms with van der Waals surface area (Å²) in [5.41, 5.74) is 3.19. The summed E-state index contributed by atoms with van der Waals surface area (Å²) in [7, 11) is 3.56. The molecule has 2 aromatic carbocycles. The summed E-state index contributed by atoms with van der Waals surface area (Å²) in [6, 6.07) is 14.8. The molecular weight excluding hydrogens is 266 g/mol. The Balaban J connectivity index is 1.79. The van der Waals surface area contributed by atoms with Crippen LogP contribution < -0.4 is 10.2 Å². The molecule has 3 aromatic rings.